The molecule has 3 nitrogen and oxygen atoms in total. The molecule has 6 aromatic rings. The molecule has 2 heterocycles. The van der Waals surface area contributed by atoms with Crippen LogP contribution in [0.3, 0.4) is 0 Å². The van der Waals surface area contributed by atoms with Crippen molar-refractivity contribution in [1.29, 1.82) is 5.26 Å². The average Bonchev–Trinajstić information content (AvgIpc) is 3.00. The molecule has 0 saturated carbocycles. The SMILES string of the molecule is Cc1ccc(N2c3ccccc3Sc3ccccc32)c2nc(-c3ccc(C#N)cc3)cc(-c3ccccc3)c12. The lowest BCUT2D eigenvalue weighted by molar-refractivity contribution is 1.17. The molecule has 1 aromatic heterocycles. The zero-order valence-corrected chi connectivity index (χ0v) is 22.1. The van der Waals surface area contributed by atoms with Crippen LogP contribution < -0.4 is 4.90 Å². The van der Waals surface area contributed by atoms with Crippen LogP contribution in [0.2, 0.25) is 0 Å². The van der Waals surface area contributed by atoms with Gasteiger partial charge in [0.05, 0.1) is 39.9 Å². The van der Waals surface area contributed by atoms with Crippen molar-refractivity contribution in [3.63, 3.8) is 0 Å². The lowest BCUT2D eigenvalue weighted by Crippen LogP contribution is -2.15. The van der Waals surface area contributed by atoms with E-state index >= 15 is 0 Å². The van der Waals surface area contributed by atoms with E-state index in [9.17, 15) is 5.26 Å². The third kappa shape index (κ3) is 3.96. The zero-order valence-electron chi connectivity index (χ0n) is 21.3. The molecule has 39 heavy (non-hydrogen) atoms. The second-order valence-corrected chi connectivity index (χ2v) is 10.7. The number of aryl methyl sites for hydroxylation is 1. The molecule has 1 aliphatic heterocycles. The van der Waals surface area contributed by atoms with Gasteiger partial charge in [-0.3, -0.25) is 0 Å². The number of hydrogen-bond acceptors (Lipinski definition) is 4. The molecule has 0 spiro atoms. The van der Waals surface area contributed by atoms with E-state index in [-0.39, 0.29) is 0 Å². The Labute approximate surface area is 232 Å². The Morgan fingerprint density at radius 1 is 0.667 bits per heavy atom. The van der Waals surface area contributed by atoms with Gasteiger partial charge in [-0.15, -0.1) is 0 Å². The van der Waals surface area contributed by atoms with Crippen LogP contribution in [-0.4, -0.2) is 4.98 Å². The van der Waals surface area contributed by atoms with Gasteiger partial charge < -0.3 is 4.90 Å². The van der Waals surface area contributed by atoms with Gasteiger partial charge in [-0.2, -0.15) is 5.26 Å². The number of nitrogens with zero attached hydrogens (tertiary/aromatic N) is 3. The summed E-state index contributed by atoms with van der Waals surface area (Å²) in [4.78, 5) is 10.1. The van der Waals surface area contributed by atoms with E-state index in [4.69, 9.17) is 4.98 Å². The van der Waals surface area contributed by atoms with Crippen molar-refractivity contribution in [2.75, 3.05) is 4.90 Å². The molecule has 1 aliphatic rings. The minimum absolute atomic E-state index is 0.637. The highest BCUT2D eigenvalue weighted by molar-refractivity contribution is 7.99. The molecule has 0 fully saturated rings. The van der Waals surface area contributed by atoms with Crippen molar-refractivity contribution in [1.82, 2.24) is 4.98 Å². The van der Waals surface area contributed by atoms with Gasteiger partial charge in [-0.25, -0.2) is 4.98 Å². The summed E-state index contributed by atoms with van der Waals surface area (Å²) in [6.07, 6.45) is 0. The van der Waals surface area contributed by atoms with Gasteiger partial charge in [-0.05, 0) is 72.1 Å². The topological polar surface area (TPSA) is 39.9 Å². The van der Waals surface area contributed by atoms with Crippen LogP contribution >= 0.6 is 11.8 Å². The van der Waals surface area contributed by atoms with E-state index in [1.165, 1.54) is 15.4 Å². The summed E-state index contributed by atoms with van der Waals surface area (Å²) in [5, 5.41) is 10.5. The van der Waals surface area contributed by atoms with E-state index in [1.54, 1.807) is 11.8 Å². The van der Waals surface area contributed by atoms with Crippen molar-refractivity contribution in [2.24, 2.45) is 0 Å². The van der Waals surface area contributed by atoms with Crippen molar-refractivity contribution in [3.05, 3.63) is 132 Å². The van der Waals surface area contributed by atoms with Gasteiger partial charge in [-0.1, -0.05) is 84.6 Å². The number of anilines is 3. The number of para-hydroxylation sites is 2. The van der Waals surface area contributed by atoms with Crippen molar-refractivity contribution >= 4 is 39.7 Å². The Balaban J connectivity index is 1.57. The number of aromatic nitrogens is 1. The van der Waals surface area contributed by atoms with Crippen LogP contribution in [0, 0.1) is 18.3 Å². The first-order valence-corrected chi connectivity index (χ1v) is 13.7. The standard InChI is InChI=1S/C35H23N3S/c1-23-15-20-31(38-29-11-5-7-13-32(29)39-33-14-8-6-12-30(33)38)35-34(23)27(25-9-3-2-4-10-25)21-28(37-35)26-18-16-24(22-36)17-19-26/h2-21H,1H3. The zero-order chi connectivity index (χ0) is 26.3. The van der Waals surface area contributed by atoms with E-state index in [0.29, 0.717) is 5.56 Å². The summed E-state index contributed by atoms with van der Waals surface area (Å²) < 4.78 is 0. The molecule has 0 saturated heterocycles. The normalized spacial score (nSPS) is 12.1. The summed E-state index contributed by atoms with van der Waals surface area (Å²) in [5.74, 6) is 0. The fourth-order valence-corrected chi connectivity index (χ4v) is 6.41. The van der Waals surface area contributed by atoms with Crippen LogP contribution in [0.1, 0.15) is 11.1 Å². The molecule has 0 bridgehead atoms. The summed E-state index contributed by atoms with van der Waals surface area (Å²) >= 11 is 1.80. The predicted octanol–water partition coefficient (Wildman–Crippen LogP) is 9.68. The smallest absolute Gasteiger partial charge is 0.0991 e. The van der Waals surface area contributed by atoms with Crippen LogP contribution in [0.4, 0.5) is 17.1 Å². The monoisotopic (exact) mass is 517 g/mol. The van der Waals surface area contributed by atoms with Gasteiger partial charge in [0.2, 0.25) is 0 Å². The van der Waals surface area contributed by atoms with Gasteiger partial charge in [0.1, 0.15) is 0 Å². The number of pyridine rings is 1. The maximum absolute atomic E-state index is 9.33. The minimum atomic E-state index is 0.637. The molecular weight excluding hydrogens is 494 g/mol. The average molecular weight is 518 g/mol. The Morgan fingerprint density at radius 2 is 1.31 bits per heavy atom. The molecular formula is C35H23N3S. The van der Waals surface area contributed by atoms with E-state index in [0.717, 1.165) is 50.3 Å². The first-order chi connectivity index (χ1) is 19.2. The Kier molecular flexibility index (Phi) is 5.65. The van der Waals surface area contributed by atoms with Crippen LogP contribution in [0.25, 0.3) is 33.3 Å². The number of fused-ring (bicyclic) bond motifs is 3. The maximum Gasteiger partial charge on any atom is 0.0991 e. The van der Waals surface area contributed by atoms with Crippen LogP contribution in [0.15, 0.2) is 131 Å². The van der Waals surface area contributed by atoms with Gasteiger partial charge in [0, 0.05) is 20.7 Å². The Bertz CT molecular complexity index is 1860. The van der Waals surface area contributed by atoms with Gasteiger partial charge in [0.25, 0.3) is 0 Å². The summed E-state index contributed by atoms with van der Waals surface area (Å²) in [6.45, 7) is 2.16. The summed E-state index contributed by atoms with van der Waals surface area (Å²) in [6, 6.07) is 44.2. The highest BCUT2D eigenvalue weighted by Crippen LogP contribution is 2.52. The molecule has 0 amide bonds. The first kappa shape index (κ1) is 23.3. The largest absolute Gasteiger partial charge is 0.306 e. The van der Waals surface area contributed by atoms with Crippen molar-refractivity contribution < 1.29 is 0 Å². The molecule has 0 atom stereocenters. The highest BCUT2D eigenvalue weighted by Gasteiger charge is 2.27. The molecule has 5 aromatic carbocycles. The quantitative estimate of drug-likeness (QED) is 0.234. The molecule has 0 N–H and O–H groups in total. The maximum atomic E-state index is 9.33. The van der Waals surface area contributed by atoms with E-state index < -0.39 is 0 Å². The third-order valence-electron chi connectivity index (χ3n) is 7.22. The minimum Gasteiger partial charge on any atom is -0.306 e. The first-order valence-electron chi connectivity index (χ1n) is 12.9. The van der Waals surface area contributed by atoms with Gasteiger partial charge in [0.15, 0.2) is 0 Å². The molecule has 7 rings (SSSR count). The fourth-order valence-electron chi connectivity index (χ4n) is 5.35. The second kappa shape index (κ2) is 9.47. The Morgan fingerprint density at radius 3 is 1.97 bits per heavy atom. The molecule has 0 unspecified atom stereocenters. The third-order valence-corrected chi connectivity index (χ3v) is 8.35. The molecule has 184 valence electrons. The van der Waals surface area contributed by atoms with Crippen molar-refractivity contribution in [2.45, 2.75) is 16.7 Å². The number of benzene rings is 5. The number of rotatable bonds is 3. The molecule has 0 aliphatic carbocycles. The second-order valence-electron chi connectivity index (χ2n) is 9.61. The van der Waals surface area contributed by atoms with E-state index in [1.807, 2.05) is 30.3 Å². The predicted molar refractivity (Wildman–Crippen MR) is 161 cm³/mol. The van der Waals surface area contributed by atoms with Gasteiger partial charge >= 0.3 is 0 Å². The molecule has 4 heteroatoms. The van der Waals surface area contributed by atoms with E-state index in [2.05, 4.69) is 109 Å². The lowest BCUT2D eigenvalue weighted by Gasteiger charge is -2.33. The highest BCUT2D eigenvalue weighted by atomic mass is 32.2. The van der Waals surface area contributed by atoms with Crippen molar-refractivity contribution in [3.8, 4) is 28.5 Å². The Hall–Kier alpha value is -4.85. The summed E-state index contributed by atoms with van der Waals surface area (Å²) in [5.41, 5.74) is 10.3. The van der Waals surface area contributed by atoms with Crippen LogP contribution in [0.5, 0.6) is 0 Å². The lowest BCUT2D eigenvalue weighted by atomic mass is 9.94. The number of nitriles is 1. The fraction of sp³-hybridized carbons (Fsp3) is 0.0286. The molecule has 0 radical (unpaired) electrons. The summed E-state index contributed by atoms with van der Waals surface area (Å²) in [7, 11) is 0. The number of hydrogen-bond donors (Lipinski definition) is 0. The van der Waals surface area contributed by atoms with Crippen LogP contribution in [-0.2, 0) is 0 Å².